The highest BCUT2D eigenvalue weighted by Crippen LogP contribution is 2.36. The third-order valence-electron chi connectivity index (χ3n) is 5.94. The quantitative estimate of drug-likeness (QED) is 0.525. The minimum atomic E-state index is -0.0460. The van der Waals surface area contributed by atoms with Crippen LogP contribution in [0, 0.1) is 6.92 Å². The van der Waals surface area contributed by atoms with Crippen LogP contribution in [0.25, 0.3) is 0 Å². The number of amides is 1. The monoisotopic (exact) mass is 383 g/mol. The van der Waals surface area contributed by atoms with Gasteiger partial charge in [-0.15, -0.1) is 0 Å². The molecule has 4 rings (SSSR count). The van der Waals surface area contributed by atoms with Crippen LogP contribution in [0.3, 0.4) is 0 Å². The minimum absolute atomic E-state index is 0.0460. The fraction of sp³-hybridized carbons (Fsp3) is 0.296. The van der Waals surface area contributed by atoms with Gasteiger partial charge in [0.15, 0.2) is 0 Å². The van der Waals surface area contributed by atoms with Crippen molar-refractivity contribution in [2.45, 2.75) is 45.6 Å². The molecule has 0 unspecified atom stereocenters. The lowest BCUT2D eigenvalue weighted by atomic mass is 9.86. The summed E-state index contributed by atoms with van der Waals surface area (Å²) in [4.78, 5) is 15.6. The highest BCUT2D eigenvalue weighted by molar-refractivity contribution is 5.95. The Morgan fingerprint density at radius 3 is 2.21 bits per heavy atom. The molecule has 1 amide bonds. The van der Waals surface area contributed by atoms with Crippen LogP contribution in [-0.4, -0.2) is 17.4 Å². The van der Waals surface area contributed by atoms with Gasteiger partial charge in [0.2, 0.25) is 0 Å². The van der Waals surface area contributed by atoms with Gasteiger partial charge in [-0.1, -0.05) is 87.0 Å². The van der Waals surface area contributed by atoms with E-state index in [-0.39, 0.29) is 17.4 Å². The highest BCUT2D eigenvalue weighted by atomic mass is 16.2. The summed E-state index contributed by atoms with van der Waals surface area (Å²) in [6, 6.07) is 25.2. The molecule has 0 spiro atoms. The Morgan fingerprint density at radius 2 is 1.55 bits per heavy atom. The van der Waals surface area contributed by atoms with Gasteiger partial charge in [0.25, 0.3) is 5.91 Å². The van der Waals surface area contributed by atoms with E-state index in [1.54, 1.807) is 0 Å². The Bertz CT molecular complexity index is 1010. The molecule has 2 nitrogen and oxygen atoms in total. The Hall–Kier alpha value is -2.87. The van der Waals surface area contributed by atoms with Crippen molar-refractivity contribution < 1.29 is 4.79 Å². The van der Waals surface area contributed by atoms with Crippen molar-refractivity contribution in [3.05, 3.63) is 106 Å². The van der Waals surface area contributed by atoms with E-state index in [2.05, 4.69) is 88.4 Å². The second-order valence-corrected chi connectivity index (χ2v) is 9.09. The maximum atomic E-state index is 13.5. The van der Waals surface area contributed by atoms with Crippen LogP contribution in [0.1, 0.15) is 65.0 Å². The maximum Gasteiger partial charge on any atom is 0.254 e. The molecular weight excluding hydrogens is 354 g/mol. The van der Waals surface area contributed by atoms with Crippen LogP contribution >= 0.6 is 0 Å². The molecule has 0 saturated heterocycles. The van der Waals surface area contributed by atoms with E-state index < -0.39 is 0 Å². The van der Waals surface area contributed by atoms with Crippen molar-refractivity contribution in [3.8, 4) is 0 Å². The summed E-state index contributed by atoms with van der Waals surface area (Å²) in [5.41, 5.74) is 7.06. The van der Waals surface area contributed by atoms with E-state index >= 15 is 0 Å². The van der Waals surface area contributed by atoms with Crippen molar-refractivity contribution in [2.24, 2.45) is 0 Å². The number of aryl methyl sites for hydroxylation is 1. The molecule has 1 aliphatic heterocycles. The smallest absolute Gasteiger partial charge is 0.254 e. The normalized spacial score (nSPS) is 16.4. The number of fused-ring (bicyclic) bond motifs is 1. The number of hydrogen-bond acceptors (Lipinski definition) is 1. The van der Waals surface area contributed by atoms with E-state index in [0.29, 0.717) is 0 Å². The summed E-state index contributed by atoms with van der Waals surface area (Å²) < 4.78 is 0. The number of carbonyl (C=O) groups excluding carboxylic acids is 1. The first-order chi connectivity index (χ1) is 13.8. The summed E-state index contributed by atoms with van der Waals surface area (Å²) in [5.74, 6) is 0.102. The van der Waals surface area contributed by atoms with E-state index in [4.69, 9.17) is 0 Å². The predicted molar refractivity (Wildman–Crippen MR) is 119 cm³/mol. The molecule has 3 aromatic carbocycles. The number of carbonyl (C=O) groups is 1. The Labute approximate surface area is 174 Å². The standard InChI is InChI=1S/C27H29NO/c1-19-9-11-21(12-10-19)25-24-8-6-5-7-20(24)17-18-28(25)26(29)22-13-15-23(16-14-22)27(2,3)4/h5-16,25H,17-18H2,1-4H3/t25-/m0/s1. The highest BCUT2D eigenvalue weighted by Gasteiger charge is 2.32. The minimum Gasteiger partial charge on any atom is -0.327 e. The van der Waals surface area contributed by atoms with E-state index in [0.717, 1.165) is 18.5 Å². The zero-order valence-electron chi connectivity index (χ0n) is 17.8. The lowest BCUT2D eigenvalue weighted by Crippen LogP contribution is -2.40. The number of nitrogens with zero attached hydrogens (tertiary/aromatic N) is 1. The third kappa shape index (κ3) is 3.85. The fourth-order valence-corrected chi connectivity index (χ4v) is 4.17. The van der Waals surface area contributed by atoms with Crippen LogP contribution in [0.5, 0.6) is 0 Å². The second-order valence-electron chi connectivity index (χ2n) is 9.09. The molecule has 148 valence electrons. The molecule has 0 bridgehead atoms. The average molecular weight is 384 g/mol. The van der Waals surface area contributed by atoms with Crippen molar-refractivity contribution in [1.29, 1.82) is 0 Å². The van der Waals surface area contributed by atoms with Gasteiger partial charge < -0.3 is 4.90 Å². The first-order valence-electron chi connectivity index (χ1n) is 10.4. The largest absolute Gasteiger partial charge is 0.327 e. The van der Waals surface area contributed by atoms with Crippen LogP contribution in [-0.2, 0) is 11.8 Å². The van der Waals surface area contributed by atoms with Crippen LogP contribution < -0.4 is 0 Å². The van der Waals surface area contributed by atoms with E-state index in [9.17, 15) is 4.79 Å². The van der Waals surface area contributed by atoms with Gasteiger partial charge in [0.1, 0.15) is 0 Å². The molecule has 0 aliphatic carbocycles. The van der Waals surface area contributed by atoms with Gasteiger partial charge in [-0.2, -0.15) is 0 Å². The molecular formula is C27H29NO. The topological polar surface area (TPSA) is 20.3 Å². The van der Waals surface area contributed by atoms with Gasteiger partial charge in [-0.05, 0) is 53.1 Å². The predicted octanol–water partition coefficient (Wildman–Crippen LogP) is 6.08. The van der Waals surface area contributed by atoms with Gasteiger partial charge in [0, 0.05) is 12.1 Å². The molecule has 2 heteroatoms. The zero-order valence-corrected chi connectivity index (χ0v) is 17.8. The molecule has 0 aromatic heterocycles. The SMILES string of the molecule is Cc1ccc([C@H]2c3ccccc3CCN2C(=O)c2ccc(C(C)(C)C)cc2)cc1. The van der Waals surface area contributed by atoms with E-state index in [1.165, 1.54) is 27.8 Å². The molecule has 0 saturated carbocycles. The fourth-order valence-electron chi connectivity index (χ4n) is 4.17. The Kier molecular flexibility index (Phi) is 5.04. The molecule has 1 aliphatic rings. The van der Waals surface area contributed by atoms with Gasteiger partial charge in [-0.3, -0.25) is 4.79 Å². The van der Waals surface area contributed by atoms with Crippen LogP contribution in [0.2, 0.25) is 0 Å². The molecule has 3 aromatic rings. The Morgan fingerprint density at radius 1 is 0.897 bits per heavy atom. The van der Waals surface area contributed by atoms with E-state index in [1.807, 2.05) is 17.0 Å². The van der Waals surface area contributed by atoms with Crippen molar-refractivity contribution >= 4 is 5.91 Å². The van der Waals surface area contributed by atoms with Crippen LogP contribution in [0.15, 0.2) is 72.8 Å². The van der Waals surface area contributed by atoms with Crippen molar-refractivity contribution in [3.63, 3.8) is 0 Å². The third-order valence-corrected chi connectivity index (χ3v) is 5.94. The van der Waals surface area contributed by atoms with Gasteiger partial charge in [0.05, 0.1) is 6.04 Å². The molecule has 29 heavy (non-hydrogen) atoms. The number of rotatable bonds is 2. The summed E-state index contributed by atoms with van der Waals surface area (Å²) in [5, 5.41) is 0. The molecule has 1 atom stereocenters. The van der Waals surface area contributed by atoms with Crippen LogP contribution in [0.4, 0.5) is 0 Å². The maximum absolute atomic E-state index is 13.5. The zero-order chi connectivity index (χ0) is 20.6. The molecule has 0 radical (unpaired) electrons. The summed E-state index contributed by atoms with van der Waals surface area (Å²) in [6.45, 7) is 9.41. The molecule has 1 heterocycles. The van der Waals surface area contributed by atoms with Crippen molar-refractivity contribution in [1.82, 2.24) is 4.90 Å². The van der Waals surface area contributed by atoms with Gasteiger partial charge in [-0.25, -0.2) is 0 Å². The lowest BCUT2D eigenvalue weighted by molar-refractivity contribution is 0.0694. The average Bonchev–Trinajstić information content (AvgIpc) is 2.72. The summed E-state index contributed by atoms with van der Waals surface area (Å²) >= 11 is 0. The first kappa shape index (κ1) is 19.4. The second kappa shape index (κ2) is 7.51. The molecule has 0 fully saturated rings. The van der Waals surface area contributed by atoms with Crippen molar-refractivity contribution in [2.75, 3.05) is 6.54 Å². The first-order valence-corrected chi connectivity index (χ1v) is 10.4. The molecule has 0 N–H and O–H groups in total. The number of benzene rings is 3. The lowest BCUT2D eigenvalue weighted by Gasteiger charge is -2.38. The Balaban J connectivity index is 1.73. The number of hydrogen-bond donors (Lipinski definition) is 0. The summed E-state index contributed by atoms with van der Waals surface area (Å²) in [7, 11) is 0. The summed E-state index contributed by atoms with van der Waals surface area (Å²) in [6.07, 6.45) is 0.893. The van der Waals surface area contributed by atoms with Gasteiger partial charge >= 0.3 is 0 Å².